The maximum atomic E-state index is 12.8. The highest BCUT2D eigenvalue weighted by atomic mass is 16.5. The van der Waals surface area contributed by atoms with Crippen LogP contribution >= 0.6 is 0 Å². The quantitative estimate of drug-likeness (QED) is 0.926. The van der Waals surface area contributed by atoms with Crippen LogP contribution in [0.25, 0.3) is 0 Å². The first-order valence-corrected chi connectivity index (χ1v) is 7.66. The molecule has 0 aliphatic carbocycles. The van der Waals surface area contributed by atoms with Gasteiger partial charge >= 0.3 is 6.03 Å². The van der Waals surface area contributed by atoms with E-state index in [-0.39, 0.29) is 18.0 Å². The summed E-state index contributed by atoms with van der Waals surface area (Å²) in [6, 6.07) is 6.89. The molecule has 0 fully saturated rings. The van der Waals surface area contributed by atoms with Crippen LogP contribution in [-0.2, 0) is 4.79 Å². The molecule has 0 radical (unpaired) electrons. The number of amides is 3. The number of urea groups is 1. The molecule has 0 saturated heterocycles. The zero-order valence-corrected chi connectivity index (χ0v) is 13.8. The lowest BCUT2D eigenvalue weighted by Crippen LogP contribution is -2.45. The van der Waals surface area contributed by atoms with Crippen molar-refractivity contribution in [3.63, 3.8) is 0 Å². The smallest absolute Gasteiger partial charge is 0.322 e. The maximum absolute atomic E-state index is 12.8. The molecule has 0 bridgehead atoms. The molecule has 2 aliphatic rings. The van der Waals surface area contributed by atoms with Crippen molar-refractivity contribution in [2.75, 3.05) is 20.7 Å². The Kier molecular flexibility index (Phi) is 3.75. The molecule has 0 spiro atoms. The van der Waals surface area contributed by atoms with E-state index >= 15 is 0 Å². The molecule has 3 amide bonds. The molecule has 6 nitrogen and oxygen atoms in total. The minimum atomic E-state index is -0.444. The van der Waals surface area contributed by atoms with Crippen LogP contribution in [-0.4, -0.2) is 48.5 Å². The molecule has 2 heterocycles. The van der Waals surface area contributed by atoms with Gasteiger partial charge in [-0.3, -0.25) is 9.69 Å². The largest absolute Gasteiger partial charge is 0.497 e. The van der Waals surface area contributed by atoms with E-state index in [1.54, 1.807) is 19.1 Å². The van der Waals surface area contributed by atoms with Gasteiger partial charge < -0.3 is 15.0 Å². The van der Waals surface area contributed by atoms with Gasteiger partial charge in [-0.2, -0.15) is 0 Å². The SMILES string of the molecule is COc1cccc([C@H]2NC(=O)N(C)C3=C2C(=O)N(C(C)C)C3)c1. The topological polar surface area (TPSA) is 61.9 Å². The number of likely N-dealkylation sites (N-methyl/N-ethyl adjacent to an activating group) is 1. The molecule has 122 valence electrons. The number of carbonyl (C=O) groups excluding carboxylic acids is 2. The molecule has 1 aromatic rings. The number of nitrogens with one attached hydrogen (secondary N) is 1. The summed E-state index contributed by atoms with van der Waals surface area (Å²) in [7, 11) is 3.29. The molecule has 1 aromatic carbocycles. The highest BCUT2D eigenvalue weighted by molar-refractivity contribution is 6.01. The number of nitrogens with zero attached hydrogens (tertiary/aromatic N) is 2. The Morgan fingerprint density at radius 2 is 2.04 bits per heavy atom. The summed E-state index contributed by atoms with van der Waals surface area (Å²) in [5.74, 6) is 0.679. The fourth-order valence-electron chi connectivity index (χ4n) is 3.08. The lowest BCUT2D eigenvalue weighted by molar-refractivity contribution is -0.127. The van der Waals surface area contributed by atoms with Crippen LogP contribution in [0.3, 0.4) is 0 Å². The van der Waals surface area contributed by atoms with E-state index in [2.05, 4.69) is 5.32 Å². The Hall–Kier alpha value is -2.50. The van der Waals surface area contributed by atoms with Crippen molar-refractivity contribution >= 4 is 11.9 Å². The second-order valence-electron chi connectivity index (χ2n) is 6.11. The lowest BCUT2D eigenvalue weighted by atomic mass is 9.95. The molecule has 0 aromatic heterocycles. The average molecular weight is 315 g/mol. The van der Waals surface area contributed by atoms with E-state index in [0.717, 1.165) is 11.3 Å². The number of hydrogen-bond acceptors (Lipinski definition) is 3. The third-order valence-corrected chi connectivity index (χ3v) is 4.44. The van der Waals surface area contributed by atoms with E-state index in [4.69, 9.17) is 4.74 Å². The zero-order chi connectivity index (χ0) is 16.7. The van der Waals surface area contributed by atoms with Gasteiger partial charge in [0.2, 0.25) is 0 Å². The van der Waals surface area contributed by atoms with Crippen LogP contribution in [0.2, 0.25) is 0 Å². The van der Waals surface area contributed by atoms with E-state index < -0.39 is 6.04 Å². The summed E-state index contributed by atoms with van der Waals surface area (Å²) >= 11 is 0. The van der Waals surface area contributed by atoms with Gasteiger partial charge in [-0.15, -0.1) is 0 Å². The summed E-state index contributed by atoms with van der Waals surface area (Å²) < 4.78 is 5.26. The van der Waals surface area contributed by atoms with Crippen molar-refractivity contribution in [3.05, 3.63) is 41.1 Å². The fraction of sp³-hybridized carbons (Fsp3) is 0.412. The van der Waals surface area contributed by atoms with Gasteiger partial charge in [0.15, 0.2) is 0 Å². The molecule has 2 aliphatic heterocycles. The van der Waals surface area contributed by atoms with Gasteiger partial charge in [-0.05, 0) is 31.5 Å². The summed E-state index contributed by atoms with van der Waals surface area (Å²) in [6.07, 6.45) is 0. The monoisotopic (exact) mass is 315 g/mol. The van der Waals surface area contributed by atoms with Crippen molar-refractivity contribution < 1.29 is 14.3 Å². The average Bonchev–Trinajstić information content (AvgIpc) is 2.89. The van der Waals surface area contributed by atoms with Crippen molar-refractivity contribution in [3.8, 4) is 5.75 Å². The number of hydrogen-bond donors (Lipinski definition) is 1. The first kappa shape index (κ1) is 15.4. The molecule has 0 unspecified atom stereocenters. The minimum Gasteiger partial charge on any atom is -0.497 e. The van der Waals surface area contributed by atoms with Crippen LogP contribution in [0, 0.1) is 0 Å². The van der Waals surface area contributed by atoms with Gasteiger partial charge in [0.1, 0.15) is 5.75 Å². The summed E-state index contributed by atoms with van der Waals surface area (Å²) in [4.78, 5) is 28.4. The van der Waals surface area contributed by atoms with Gasteiger partial charge in [0, 0.05) is 13.1 Å². The van der Waals surface area contributed by atoms with Crippen molar-refractivity contribution in [2.24, 2.45) is 0 Å². The first-order valence-electron chi connectivity index (χ1n) is 7.66. The Bertz CT molecular complexity index is 696. The molecule has 1 atom stereocenters. The second-order valence-corrected chi connectivity index (χ2v) is 6.11. The van der Waals surface area contributed by atoms with Gasteiger partial charge in [0.05, 0.1) is 31.0 Å². The summed E-state index contributed by atoms with van der Waals surface area (Å²) in [6.45, 7) is 4.43. The number of benzene rings is 1. The number of rotatable bonds is 3. The normalized spacial score (nSPS) is 21.0. The molecular formula is C17H21N3O3. The molecule has 3 rings (SSSR count). The minimum absolute atomic E-state index is 0.0188. The van der Waals surface area contributed by atoms with Gasteiger partial charge in [0.25, 0.3) is 5.91 Å². The fourth-order valence-corrected chi connectivity index (χ4v) is 3.08. The van der Waals surface area contributed by atoms with Crippen molar-refractivity contribution in [1.82, 2.24) is 15.1 Å². The second kappa shape index (κ2) is 5.61. The number of methoxy groups -OCH3 is 1. The molecule has 6 heteroatoms. The Morgan fingerprint density at radius 3 is 2.70 bits per heavy atom. The predicted molar refractivity (Wildman–Crippen MR) is 85.9 cm³/mol. The summed E-state index contributed by atoms with van der Waals surface area (Å²) in [5.41, 5.74) is 2.27. The lowest BCUT2D eigenvalue weighted by Gasteiger charge is -2.31. The highest BCUT2D eigenvalue weighted by Crippen LogP contribution is 2.37. The molecule has 23 heavy (non-hydrogen) atoms. The van der Waals surface area contributed by atoms with Gasteiger partial charge in [-0.1, -0.05) is 12.1 Å². The maximum Gasteiger partial charge on any atom is 0.322 e. The highest BCUT2D eigenvalue weighted by Gasteiger charge is 2.43. The van der Waals surface area contributed by atoms with Crippen LogP contribution < -0.4 is 10.1 Å². The Labute approximate surface area is 135 Å². The molecule has 0 saturated carbocycles. The van der Waals surface area contributed by atoms with E-state index in [1.165, 1.54) is 4.90 Å². The Balaban J connectivity index is 2.06. The third-order valence-electron chi connectivity index (χ3n) is 4.44. The number of carbonyl (C=O) groups is 2. The van der Waals surface area contributed by atoms with Crippen LogP contribution in [0.1, 0.15) is 25.5 Å². The van der Waals surface area contributed by atoms with Crippen LogP contribution in [0.4, 0.5) is 4.79 Å². The van der Waals surface area contributed by atoms with Crippen molar-refractivity contribution in [2.45, 2.75) is 25.9 Å². The van der Waals surface area contributed by atoms with Gasteiger partial charge in [-0.25, -0.2) is 4.79 Å². The summed E-state index contributed by atoms with van der Waals surface area (Å²) in [5, 5.41) is 2.92. The predicted octanol–water partition coefficient (Wildman–Crippen LogP) is 1.90. The van der Waals surface area contributed by atoms with Crippen molar-refractivity contribution in [1.29, 1.82) is 0 Å². The standard InChI is InChI=1S/C17H21N3O3/c1-10(2)20-9-13-14(16(20)21)15(18-17(22)19(13)3)11-6-5-7-12(8-11)23-4/h5-8,10,15H,9H2,1-4H3,(H,18,22)/t15-/m1/s1. The zero-order valence-electron chi connectivity index (χ0n) is 13.8. The number of ether oxygens (including phenoxy) is 1. The van der Waals surface area contributed by atoms with E-state index in [0.29, 0.717) is 17.9 Å². The first-order chi connectivity index (χ1) is 10.9. The third kappa shape index (κ3) is 2.44. The molecule has 1 N–H and O–H groups in total. The van der Waals surface area contributed by atoms with E-state index in [1.807, 2.05) is 38.1 Å². The Morgan fingerprint density at radius 1 is 1.30 bits per heavy atom. The van der Waals surface area contributed by atoms with Crippen LogP contribution in [0.15, 0.2) is 35.5 Å². The van der Waals surface area contributed by atoms with Crippen LogP contribution in [0.5, 0.6) is 5.75 Å². The van der Waals surface area contributed by atoms with E-state index in [9.17, 15) is 9.59 Å². The molecular weight excluding hydrogens is 294 g/mol.